The molecule has 13 heavy (non-hydrogen) atoms. The normalized spacial score (nSPS) is 10.1. The van der Waals surface area contributed by atoms with Gasteiger partial charge in [0.05, 0.1) is 0 Å². The van der Waals surface area contributed by atoms with Crippen LogP contribution in [0.5, 0.6) is 0 Å². The Morgan fingerprint density at radius 3 is 2.77 bits per heavy atom. The summed E-state index contributed by atoms with van der Waals surface area (Å²) in [5, 5.41) is 0.700. The monoisotopic (exact) mass is 212 g/mol. The van der Waals surface area contributed by atoms with E-state index < -0.39 is 0 Å². The summed E-state index contributed by atoms with van der Waals surface area (Å²) < 4.78 is 0. The minimum absolute atomic E-state index is 0.700. The van der Waals surface area contributed by atoms with Crippen molar-refractivity contribution < 1.29 is 0 Å². The van der Waals surface area contributed by atoms with E-state index in [1.807, 2.05) is 0 Å². The van der Waals surface area contributed by atoms with E-state index in [0.717, 1.165) is 5.75 Å². The van der Waals surface area contributed by atoms with E-state index in [2.05, 4.69) is 38.6 Å². The van der Waals surface area contributed by atoms with E-state index >= 15 is 0 Å². The number of halogens is 1. The fraction of sp³-hybridized carbons (Fsp3) is 0.273. The molecule has 0 aromatic heterocycles. The van der Waals surface area contributed by atoms with Crippen LogP contribution in [0.2, 0.25) is 0 Å². The summed E-state index contributed by atoms with van der Waals surface area (Å²) in [5.74, 6) is 0.784. The molecule has 0 radical (unpaired) electrons. The molecular formula is C11H13ClS. The topological polar surface area (TPSA) is 0 Å². The molecule has 1 rings (SSSR count). The van der Waals surface area contributed by atoms with Gasteiger partial charge in [-0.25, -0.2) is 0 Å². The van der Waals surface area contributed by atoms with Gasteiger partial charge in [-0.2, -0.15) is 0 Å². The average Bonchev–Trinajstić information content (AvgIpc) is 2.06. The third kappa shape index (κ3) is 3.45. The minimum Gasteiger partial charge on any atom is -0.120 e. The van der Waals surface area contributed by atoms with Crippen LogP contribution in [0.4, 0.5) is 0 Å². The Hall–Kier alpha value is -0.400. The van der Waals surface area contributed by atoms with Gasteiger partial charge >= 0.3 is 0 Å². The summed E-state index contributed by atoms with van der Waals surface area (Å²) in [5.41, 5.74) is 2.59. The van der Waals surface area contributed by atoms with Gasteiger partial charge in [-0.15, -0.1) is 11.8 Å². The molecule has 0 unspecified atom stereocenters. The van der Waals surface area contributed by atoms with Crippen LogP contribution in [0.15, 0.2) is 34.7 Å². The highest BCUT2D eigenvalue weighted by Crippen LogP contribution is 2.25. The number of rotatable bonds is 3. The lowest BCUT2D eigenvalue weighted by Crippen LogP contribution is -1.83. The molecule has 0 saturated carbocycles. The van der Waals surface area contributed by atoms with E-state index in [-0.39, 0.29) is 0 Å². The standard InChI is InChI=1S/C11H13ClS/c1-8-4-5-9(2)11(6-8)13-7-10(3)12/h4-6H,3,7H2,1-2H3. The van der Waals surface area contributed by atoms with Crippen LogP contribution in [-0.2, 0) is 0 Å². The molecule has 1 aromatic carbocycles. The second-order valence-electron chi connectivity index (χ2n) is 3.07. The van der Waals surface area contributed by atoms with Crippen LogP contribution in [-0.4, -0.2) is 5.75 Å². The molecule has 1 aromatic rings. The molecule has 0 amide bonds. The van der Waals surface area contributed by atoms with Crippen LogP contribution in [0.25, 0.3) is 0 Å². The average molecular weight is 213 g/mol. The van der Waals surface area contributed by atoms with Gasteiger partial charge in [-0.05, 0) is 25.5 Å². The third-order valence-electron chi connectivity index (χ3n) is 1.73. The Morgan fingerprint density at radius 2 is 2.15 bits per heavy atom. The van der Waals surface area contributed by atoms with Crippen molar-refractivity contribution in [1.82, 2.24) is 0 Å². The Bertz CT molecular complexity index is 318. The lowest BCUT2D eigenvalue weighted by atomic mass is 10.2. The van der Waals surface area contributed by atoms with Gasteiger partial charge in [0.25, 0.3) is 0 Å². The smallest absolute Gasteiger partial charge is 0.0334 e. The third-order valence-corrected chi connectivity index (χ3v) is 3.26. The Morgan fingerprint density at radius 1 is 1.46 bits per heavy atom. The van der Waals surface area contributed by atoms with E-state index in [4.69, 9.17) is 11.6 Å². The maximum absolute atomic E-state index is 5.70. The van der Waals surface area contributed by atoms with Crippen LogP contribution >= 0.6 is 23.4 Å². The number of hydrogen-bond acceptors (Lipinski definition) is 1. The molecule has 2 heteroatoms. The first-order valence-electron chi connectivity index (χ1n) is 4.13. The lowest BCUT2D eigenvalue weighted by Gasteiger charge is -2.05. The first-order chi connectivity index (χ1) is 6.09. The molecule has 0 aliphatic rings. The SMILES string of the molecule is C=C(Cl)CSc1cc(C)ccc1C. The summed E-state index contributed by atoms with van der Waals surface area (Å²) in [6.45, 7) is 7.87. The van der Waals surface area contributed by atoms with Gasteiger partial charge in [-0.1, -0.05) is 35.9 Å². The van der Waals surface area contributed by atoms with Crippen molar-refractivity contribution in [3.63, 3.8) is 0 Å². The quantitative estimate of drug-likeness (QED) is 0.679. The molecule has 70 valence electrons. The zero-order valence-corrected chi connectivity index (χ0v) is 9.50. The summed E-state index contributed by atoms with van der Waals surface area (Å²) in [6, 6.07) is 6.43. The van der Waals surface area contributed by atoms with Gasteiger partial charge < -0.3 is 0 Å². The molecule has 0 aliphatic heterocycles. The predicted octanol–water partition coefficient (Wildman–Crippen LogP) is 4.15. The lowest BCUT2D eigenvalue weighted by molar-refractivity contribution is 1.26. The molecule has 0 saturated heterocycles. The van der Waals surface area contributed by atoms with E-state index in [9.17, 15) is 0 Å². The van der Waals surface area contributed by atoms with Crippen LogP contribution < -0.4 is 0 Å². The summed E-state index contributed by atoms with van der Waals surface area (Å²) in [7, 11) is 0. The van der Waals surface area contributed by atoms with Crippen molar-refractivity contribution in [3.05, 3.63) is 40.9 Å². The molecule has 0 spiro atoms. The Balaban J connectivity index is 2.75. The summed E-state index contributed by atoms with van der Waals surface area (Å²) in [6.07, 6.45) is 0. The number of aryl methyl sites for hydroxylation is 2. The van der Waals surface area contributed by atoms with Gasteiger partial charge in [0.1, 0.15) is 0 Å². The highest BCUT2D eigenvalue weighted by molar-refractivity contribution is 7.99. The molecular weight excluding hydrogens is 200 g/mol. The summed E-state index contributed by atoms with van der Waals surface area (Å²) >= 11 is 7.44. The maximum atomic E-state index is 5.70. The van der Waals surface area contributed by atoms with E-state index in [1.165, 1.54) is 16.0 Å². The van der Waals surface area contributed by atoms with Crippen molar-refractivity contribution in [2.45, 2.75) is 18.7 Å². The Kier molecular flexibility index (Phi) is 3.89. The van der Waals surface area contributed by atoms with Crippen molar-refractivity contribution in [2.24, 2.45) is 0 Å². The van der Waals surface area contributed by atoms with E-state index in [1.54, 1.807) is 11.8 Å². The fourth-order valence-electron chi connectivity index (χ4n) is 1.02. The molecule has 0 fully saturated rings. The van der Waals surface area contributed by atoms with Crippen LogP contribution in [0.1, 0.15) is 11.1 Å². The van der Waals surface area contributed by atoms with Crippen molar-refractivity contribution >= 4 is 23.4 Å². The molecule has 0 nitrogen and oxygen atoms in total. The predicted molar refractivity (Wildman–Crippen MR) is 61.6 cm³/mol. The van der Waals surface area contributed by atoms with Gasteiger partial charge in [0.15, 0.2) is 0 Å². The van der Waals surface area contributed by atoms with Gasteiger partial charge in [0, 0.05) is 15.7 Å². The van der Waals surface area contributed by atoms with Crippen molar-refractivity contribution in [2.75, 3.05) is 5.75 Å². The number of thioether (sulfide) groups is 1. The van der Waals surface area contributed by atoms with Gasteiger partial charge in [0.2, 0.25) is 0 Å². The zero-order valence-electron chi connectivity index (χ0n) is 7.93. The first-order valence-corrected chi connectivity index (χ1v) is 5.49. The molecule has 0 bridgehead atoms. The van der Waals surface area contributed by atoms with Crippen molar-refractivity contribution in [3.8, 4) is 0 Å². The fourth-order valence-corrected chi connectivity index (χ4v) is 2.06. The highest BCUT2D eigenvalue weighted by atomic mass is 35.5. The zero-order chi connectivity index (χ0) is 9.84. The number of benzene rings is 1. The second kappa shape index (κ2) is 4.73. The number of hydrogen-bond donors (Lipinski definition) is 0. The van der Waals surface area contributed by atoms with Crippen molar-refractivity contribution in [1.29, 1.82) is 0 Å². The largest absolute Gasteiger partial charge is 0.120 e. The Labute approximate surface area is 89.0 Å². The molecule has 0 atom stereocenters. The van der Waals surface area contributed by atoms with Crippen LogP contribution in [0, 0.1) is 13.8 Å². The first kappa shape index (κ1) is 10.7. The van der Waals surface area contributed by atoms with Gasteiger partial charge in [-0.3, -0.25) is 0 Å². The summed E-state index contributed by atoms with van der Waals surface area (Å²) in [4.78, 5) is 1.29. The minimum atomic E-state index is 0.700. The molecule has 0 aliphatic carbocycles. The highest BCUT2D eigenvalue weighted by Gasteiger charge is 1.99. The second-order valence-corrected chi connectivity index (χ2v) is 4.63. The van der Waals surface area contributed by atoms with Crippen LogP contribution in [0.3, 0.4) is 0 Å². The molecule has 0 N–H and O–H groups in total. The molecule has 0 heterocycles. The maximum Gasteiger partial charge on any atom is 0.0334 e. The van der Waals surface area contributed by atoms with E-state index in [0.29, 0.717) is 5.03 Å².